The van der Waals surface area contributed by atoms with E-state index in [2.05, 4.69) is 98.7 Å². The number of hydrogen-bond acceptors (Lipinski definition) is 9. The van der Waals surface area contributed by atoms with E-state index in [0.717, 1.165) is 132 Å². The molecule has 9 nitrogen and oxygen atoms in total. The summed E-state index contributed by atoms with van der Waals surface area (Å²) in [6.45, 7) is 19.2. The molecule has 0 N–H and O–H groups in total. The van der Waals surface area contributed by atoms with E-state index in [0.29, 0.717) is 34.9 Å². The summed E-state index contributed by atoms with van der Waals surface area (Å²) in [5.41, 5.74) is 17.8. The predicted octanol–water partition coefficient (Wildman–Crippen LogP) is 12.9. The Labute approximate surface area is 366 Å². The van der Waals surface area contributed by atoms with Gasteiger partial charge in [0.1, 0.15) is 17.2 Å². The maximum Gasteiger partial charge on any atom is 0.225 e. The lowest BCUT2D eigenvalue weighted by Crippen LogP contribution is -2.08. The molecule has 0 radical (unpaired) electrons. The number of nitrogens with zero attached hydrogens (tertiary/aromatic N) is 3. The lowest BCUT2D eigenvalue weighted by molar-refractivity contribution is 0.394. The van der Waals surface area contributed by atoms with Crippen molar-refractivity contribution in [2.75, 3.05) is 42.7 Å². The Bertz CT molecular complexity index is 3100. The van der Waals surface area contributed by atoms with Gasteiger partial charge in [-0.2, -0.15) is 0 Å². The first-order chi connectivity index (χ1) is 30.2. The molecule has 0 unspecified atom stereocenters. The second-order valence-corrected chi connectivity index (χ2v) is 17.3. The largest absolute Gasteiger partial charge is 0.495 e. The molecule has 10 aromatic rings. The van der Waals surface area contributed by atoms with Gasteiger partial charge in [0.05, 0.1) is 92.1 Å². The highest BCUT2D eigenvalue weighted by atomic mass is 16.5. The molecule has 3 aromatic heterocycles. The van der Waals surface area contributed by atoms with Gasteiger partial charge in [0.25, 0.3) is 0 Å². The van der Waals surface area contributed by atoms with Crippen LogP contribution in [0, 0.1) is 62.3 Å². The Balaban J connectivity index is 1.65. The highest BCUT2D eigenvalue weighted by Crippen LogP contribution is 2.62. The van der Waals surface area contributed by atoms with E-state index in [4.69, 9.17) is 43.4 Å². The number of aromatic nitrogens is 3. The number of benzene rings is 7. The van der Waals surface area contributed by atoms with Crippen molar-refractivity contribution in [1.29, 1.82) is 0 Å². The Hall–Kier alpha value is -6.87. The van der Waals surface area contributed by atoms with Gasteiger partial charge in [0.2, 0.25) is 17.6 Å². The van der Waals surface area contributed by atoms with E-state index in [9.17, 15) is 0 Å². The van der Waals surface area contributed by atoms with Crippen molar-refractivity contribution in [2.24, 2.45) is 0 Å². The van der Waals surface area contributed by atoms with Gasteiger partial charge in [-0.25, -0.2) is 15.0 Å². The Morgan fingerprint density at radius 1 is 0.270 bits per heavy atom. The molecule has 0 aliphatic carbocycles. The van der Waals surface area contributed by atoms with Crippen molar-refractivity contribution in [2.45, 2.75) is 62.3 Å². The fraction of sp³-hybridized carbons (Fsp3) is 0.278. The summed E-state index contributed by atoms with van der Waals surface area (Å²) < 4.78 is 39.2. The summed E-state index contributed by atoms with van der Waals surface area (Å²) >= 11 is 0. The second-order valence-electron chi connectivity index (χ2n) is 17.3. The molecule has 63 heavy (non-hydrogen) atoms. The van der Waals surface area contributed by atoms with Crippen LogP contribution in [-0.4, -0.2) is 57.6 Å². The minimum Gasteiger partial charge on any atom is -0.495 e. The van der Waals surface area contributed by atoms with Gasteiger partial charge in [-0.05, 0) is 112 Å². The third kappa shape index (κ3) is 5.19. The van der Waals surface area contributed by atoms with Crippen LogP contribution >= 0.6 is 0 Å². The number of rotatable bonds is 9. The number of aryl methyl sites for hydroxylation is 9. The molecule has 0 fully saturated rings. The third-order valence-electron chi connectivity index (χ3n) is 13.3. The summed E-state index contributed by atoms with van der Waals surface area (Å²) in [6.07, 6.45) is 0. The standard InChI is InChI=1S/C54H51N3O6/c1-22-16-25(4)31(26(5)17-22)40-46-37-34-38-36-39-35(37)44(53(55-46)62-14)50(59-11)42(33-29(8)20-24(3)21-30(33)9)48(39)57-54(63-15)45(36)51(60-12)41(32-27(6)18-23(2)19-28(32)7)47(38)56-52(61-13)43(34)49(40)58-10/h16-21H,1-15H3. The van der Waals surface area contributed by atoms with Crippen molar-refractivity contribution in [3.63, 3.8) is 0 Å². The van der Waals surface area contributed by atoms with Crippen molar-refractivity contribution >= 4 is 65.0 Å². The molecule has 0 amide bonds. The smallest absolute Gasteiger partial charge is 0.225 e. The highest BCUT2D eigenvalue weighted by molar-refractivity contribution is 6.49. The molecule has 9 heteroatoms. The highest BCUT2D eigenvalue weighted by Gasteiger charge is 2.38. The molecule has 0 saturated carbocycles. The number of pyridine rings is 3. The van der Waals surface area contributed by atoms with E-state index in [1.54, 1.807) is 42.7 Å². The van der Waals surface area contributed by atoms with Crippen LogP contribution in [0.4, 0.5) is 0 Å². The Morgan fingerprint density at radius 3 is 0.683 bits per heavy atom. The van der Waals surface area contributed by atoms with Gasteiger partial charge in [0, 0.05) is 32.3 Å². The quantitative estimate of drug-likeness (QED) is 0.104. The summed E-state index contributed by atoms with van der Waals surface area (Å²) in [5, 5.41) is 7.61. The second kappa shape index (κ2) is 14.1. The molecule has 0 atom stereocenters. The van der Waals surface area contributed by atoms with E-state index in [-0.39, 0.29) is 0 Å². The number of hydrogen-bond donors (Lipinski definition) is 0. The van der Waals surface area contributed by atoms with Crippen LogP contribution in [0.2, 0.25) is 0 Å². The topological polar surface area (TPSA) is 94.1 Å². The van der Waals surface area contributed by atoms with Crippen LogP contribution in [-0.2, 0) is 0 Å². The van der Waals surface area contributed by atoms with Crippen LogP contribution in [0.1, 0.15) is 50.1 Å². The zero-order valence-electron chi connectivity index (χ0n) is 38.8. The maximum absolute atomic E-state index is 6.64. The van der Waals surface area contributed by atoms with Gasteiger partial charge in [-0.15, -0.1) is 0 Å². The van der Waals surface area contributed by atoms with Crippen LogP contribution < -0.4 is 28.4 Å². The SMILES string of the molecule is COc1nc2c(-c3c(C)cc(C)cc3C)c(OC)c3c(OC)nc4c(-c5c(C)cc(C)cc5C)c(OC)c5c(OC)nc6c(-c7c(C)cc(C)cc7C)c(OC)c1c1c6c5c4c3c21. The minimum absolute atomic E-state index is 0.421. The lowest BCUT2D eigenvalue weighted by atomic mass is 9.79. The molecule has 7 aromatic carbocycles. The summed E-state index contributed by atoms with van der Waals surface area (Å²) in [6, 6.07) is 13.2. The summed E-state index contributed by atoms with van der Waals surface area (Å²) in [7, 11) is 10.2. The molecule has 0 bridgehead atoms. The first-order valence-electron chi connectivity index (χ1n) is 21.2. The lowest BCUT2D eigenvalue weighted by Gasteiger charge is -2.29. The molecule has 0 spiro atoms. The Morgan fingerprint density at radius 2 is 0.492 bits per heavy atom. The molecule has 0 aliphatic heterocycles. The normalized spacial score (nSPS) is 12.0. The number of ether oxygens (including phenoxy) is 6. The molecular formula is C54H51N3O6. The molecular weight excluding hydrogens is 787 g/mol. The first-order valence-corrected chi connectivity index (χ1v) is 21.2. The Kier molecular flexibility index (Phi) is 8.98. The molecule has 10 rings (SSSR count). The van der Waals surface area contributed by atoms with Crippen LogP contribution in [0.25, 0.3) is 98.4 Å². The molecule has 0 aliphatic rings. The minimum atomic E-state index is 0.421. The first kappa shape index (κ1) is 40.2. The summed E-state index contributed by atoms with van der Waals surface area (Å²) in [5.74, 6) is 3.08. The number of methoxy groups -OCH3 is 6. The van der Waals surface area contributed by atoms with Crippen molar-refractivity contribution in [3.8, 4) is 68.3 Å². The van der Waals surface area contributed by atoms with Gasteiger partial charge >= 0.3 is 0 Å². The fourth-order valence-electron chi connectivity index (χ4n) is 11.5. The van der Waals surface area contributed by atoms with E-state index < -0.39 is 0 Å². The summed E-state index contributed by atoms with van der Waals surface area (Å²) in [4.78, 5) is 16.7. The average Bonchev–Trinajstić information content (AvgIpc) is 3.23. The van der Waals surface area contributed by atoms with Crippen LogP contribution in [0.15, 0.2) is 36.4 Å². The molecule has 3 heterocycles. The predicted molar refractivity (Wildman–Crippen MR) is 257 cm³/mol. The molecule has 318 valence electrons. The van der Waals surface area contributed by atoms with E-state index in [1.807, 2.05) is 0 Å². The van der Waals surface area contributed by atoms with Gasteiger partial charge in [0.15, 0.2) is 0 Å². The monoisotopic (exact) mass is 837 g/mol. The van der Waals surface area contributed by atoms with E-state index >= 15 is 0 Å². The van der Waals surface area contributed by atoms with Gasteiger partial charge in [-0.1, -0.05) is 53.1 Å². The van der Waals surface area contributed by atoms with E-state index in [1.165, 1.54) is 16.7 Å². The maximum atomic E-state index is 6.64. The third-order valence-corrected chi connectivity index (χ3v) is 13.3. The molecule has 0 saturated heterocycles. The van der Waals surface area contributed by atoms with Crippen molar-refractivity contribution in [1.82, 2.24) is 15.0 Å². The van der Waals surface area contributed by atoms with Crippen molar-refractivity contribution in [3.05, 3.63) is 86.5 Å². The van der Waals surface area contributed by atoms with Crippen LogP contribution in [0.3, 0.4) is 0 Å². The van der Waals surface area contributed by atoms with Gasteiger partial charge in [-0.3, -0.25) is 0 Å². The van der Waals surface area contributed by atoms with Crippen molar-refractivity contribution < 1.29 is 28.4 Å². The van der Waals surface area contributed by atoms with Gasteiger partial charge < -0.3 is 28.4 Å². The average molecular weight is 838 g/mol. The fourth-order valence-corrected chi connectivity index (χ4v) is 11.5. The zero-order valence-corrected chi connectivity index (χ0v) is 38.8. The zero-order chi connectivity index (χ0) is 44.7. The van der Waals surface area contributed by atoms with Crippen LogP contribution in [0.5, 0.6) is 34.9 Å².